The summed E-state index contributed by atoms with van der Waals surface area (Å²) in [5.74, 6) is 5.35. The molecule has 8 heteroatoms. The Morgan fingerprint density at radius 1 is 0.396 bits per heavy atom. The number of hydrogen-bond donors (Lipinski definition) is 0. The van der Waals surface area contributed by atoms with Gasteiger partial charge in [0, 0.05) is 35.4 Å². The molecule has 262 valence electrons. The molecule has 8 nitrogen and oxygen atoms in total. The largest absolute Gasteiger partial charge is 0.496 e. The summed E-state index contributed by atoms with van der Waals surface area (Å²) in [4.78, 5) is 0. The molecule has 0 fully saturated rings. The maximum Gasteiger partial charge on any atom is 0.133 e. The van der Waals surface area contributed by atoms with Crippen LogP contribution < -0.4 is 37.9 Å². The number of rotatable bonds is 22. The number of hydrogen-bond acceptors (Lipinski definition) is 8. The number of unbranched alkanes of at least 4 members (excludes halogenated alkanes) is 6. The van der Waals surface area contributed by atoms with E-state index in [2.05, 4.69) is 13.8 Å². The Labute approximate surface area is 287 Å². The number of ether oxygens (including phenoxy) is 8. The first-order valence-electron chi connectivity index (χ1n) is 16.9. The first-order chi connectivity index (χ1) is 23.5. The Balaban J connectivity index is 2.14. The summed E-state index contributed by atoms with van der Waals surface area (Å²) in [5, 5.41) is 0. The van der Waals surface area contributed by atoms with Gasteiger partial charge in [-0.1, -0.05) is 64.5 Å². The van der Waals surface area contributed by atoms with E-state index in [0.717, 1.165) is 72.3 Å². The van der Waals surface area contributed by atoms with Gasteiger partial charge in [0.25, 0.3) is 0 Å². The van der Waals surface area contributed by atoms with Crippen molar-refractivity contribution in [1.29, 1.82) is 0 Å². The summed E-state index contributed by atoms with van der Waals surface area (Å²) in [6.07, 6.45) is 16.8. The molecule has 0 atom stereocenters. The Hall–Kier alpha value is -4.46. The molecule has 0 saturated heterocycles. The molecule has 3 rings (SSSR count). The summed E-state index contributed by atoms with van der Waals surface area (Å²) < 4.78 is 46.6. The van der Waals surface area contributed by atoms with Crippen LogP contribution in [0.3, 0.4) is 0 Å². The van der Waals surface area contributed by atoms with Crippen molar-refractivity contribution in [3.63, 3.8) is 0 Å². The molecular formula is C40H54O8. The monoisotopic (exact) mass is 662 g/mol. The molecule has 48 heavy (non-hydrogen) atoms. The first kappa shape index (κ1) is 38.0. The molecule has 0 heterocycles. The van der Waals surface area contributed by atoms with Crippen LogP contribution in [-0.2, 0) is 0 Å². The van der Waals surface area contributed by atoms with Crippen molar-refractivity contribution in [2.45, 2.75) is 65.2 Å². The lowest BCUT2D eigenvalue weighted by Crippen LogP contribution is -2.03. The van der Waals surface area contributed by atoms with E-state index >= 15 is 0 Å². The fourth-order valence-electron chi connectivity index (χ4n) is 5.26. The van der Waals surface area contributed by atoms with E-state index in [1.54, 1.807) is 42.7 Å². The minimum absolute atomic E-state index is 0.608. The molecule has 0 unspecified atom stereocenters. The minimum atomic E-state index is 0.608. The normalized spacial score (nSPS) is 11.2. The molecule has 3 aromatic rings. The van der Waals surface area contributed by atoms with Gasteiger partial charge in [0.1, 0.15) is 46.0 Å². The van der Waals surface area contributed by atoms with Gasteiger partial charge in [-0.25, -0.2) is 0 Å². The van der Waals surface area contributed by atoms with Gasteiger partial charge in [0.15, 0.2) is 0 Å². The molecule has 0 saturated carbocycles. The third kappa shape index (κ3) is 10.8. The van der Waals surface area contributed by atoms with E-state index < -0.39 is 0 Å². The molecular weight excluding hydrogens is 608 g/mol. The SMILES string of the molecule is CCCCCCOc1cc(/C=C/c2c(OC)cc(OC)cc2OC)c(OCCCCCC)cc1/C=C/c1c(OC)cc(OC)cc1OC. The maximum atomic E-state index is 6.46. The quantitative estimate of drug-likeness (QED) is 0.0778. The highest BCUT2D eigenvalue weighted by Gasteiger charge is 2.15. The molecule has 0 spiro atoms. The van der Waals surface area contributed by atoms with Gasteiger partial charge in [0.05, 0.1) is 67.0 Å². The average Bonchev–Trinajstić information content (AvgIpc) is 3.12. The third-order valence-corrected chi connectivity index (χ3v) is 8.02. The van der Waals surface area contributed by atoms with Crippen molar-refractivity contribution in [3.05, 3.63) is 58.7 Å². The van der Waals surface area contributed by atoms with Gasteiger partial charge >= 0.3 is 0 Å². The van der Waals surface area contributed by atoms with Crippen LogP contribution in [0.2, 0.25) is 0 Å². The highest BCUT2D eigenvalue weighted by Crippen LogP contribution is 2.39. The van der Waals surface area contributed by atoms with Crippen LogP contribution in [-0.4, -0.2) is 55.9 Å². The molecule has 0 N–H and O–H groups in total. The second kappa shape index (κ2) is 20.7. The lowest BCUT2D eigenvalue weighted by molar-refractivity contribution is 0.296. The second-order valence-electron chi connectivity index (χ2n) is 11.3. The first-order valence-corrected chi connectivity index (χ1v) is 16.9. The van der Waals surface area contributed by atoms with Crippen molar-refractivity contribution >= 4 is 24.3 Å². The summed E-state index contributed by atoms with van der Waals surface area (Å²) >= 11 is 0. The maximum absolute atomic E-state index is 6.46. The molecule has 0 aliphatic heterocycles. The van der Waals surface area contributed by atoms with E-state index in [1.807, 2.05) is 60.7 Å². The zero-order chi connectivity index (χ0) is 34.7. The van der Waals surface area contributed by atoms with Gasteiger partial charge in [-0.05, 0) is 37.1 Å². The summed E-state index contributed by atoms with van der Waals surface area (Å²) in [6.45, 7) is 5.63. The smallest absolute Gasteiger partial charge is 0.133 e. The standard InChI is InChI=1S/C40H54O8/c1-9-11-13-15-21-47-35-23-30(18-20-34-39(45-7)27-32(42-4)28-40(34)46-8)36(48-22-16-14-12-10-2)24-29(35)17-19-33-37(43-5)25-31(41-3)26-38(33)44-6/h17-20,23-28H,9-16,21-22H2,1-8H3/b19-17+,20-18+. The predicted octanol–water partition coefficient (Wildman–Crippen LogP) is 10.00. The molecule has 0 bridgehead atoms. The fourth-order valence-corrected chi connectivity index (χ4v) is 5.26. The average molecular weight is 663 g/mol. The van der Waals surface area contributed by atoms with Crippen LogP contribution in [0.15, 0.2) is 36.4 Å². The second-order valence-corrected chi connectivity index (χ2v) is 11.3. The Morgan fingerprint density at radius 3 is 1.04 bits per heavy atom. The van der Waals surface area contributed by atoms with E-state index in [1.165, 1.54) is 12.8 Å². The van der Waals surface area contributed by atoms with Crippen LogP contribution >= 0.6 is 0 Å². The zero-order valence-corrected chi connectivity index (χ0v) is 30.1. The van der Waals surface area contributed by atoms with Crippen molar-refractivity contribution in [1.82, 2.24) is 0 Å². The number of methoxy groups -OCH3 is 6. The molecule has 0 aliphatic carbocycles. The molecule has 3 aromatic carbocycles. The molecule has 0 radical (unpaired) electrons. The topological polar surface area (TPSA) is 73.8 Å². The van der Waals surface area contributed by atoms with Crippen LogP contribution in [0, 0.1) is 0 Å². The van der Waals surface area contributed by atoms with Crippen molar-refractivity contribution in [2.24, 2.45) is 0 Å². The Bertz CT molecular complexity index is 1320. The van der Waals surface area contributed by atoms with E-state index in [-0.39, 0.29) is 0 Å². The van der Waals surface area contributed by atoms with E-state index in [9.17, 15) is 0 Å². The number of benzene rings is 3. The van der Waals surface area contributed by atoms with Crippen LogP contribution in [0.5, 0.6) is 46.0 Å². The van der Waals surface area contributed by atoms with Crippen LogP contribution in [0.4, 0.5) is 0 Å². The highest BCUT2D eigenvalue weighted by molar-refractivity contribution is 5.83. The van der Waals surface area contributed by atoms with Gasteiger partial charge in [-0.3, -0.25) is 0 Å². The molecule has 0 amide bonds. The lowest BCUT2D eigenvalue weighted by atomic mass is 10.0. The summed E-state index contributed by atoms with van der Waals surface area (Å²) in [5.41, 5.74) is 3.34. The van der Waals surface area contributed by atoms with Crippen molar-refractivity contribution < 1.29 is 37.9 Å². The zero-order valence-electron chi connectivity index (χ0n) is 30.1. The van der Waals surface area contributed by atoms with Gasteiger partial charge in [0.2, 0.25) is 0 Å². The van der Waals surface area contributed by atoms with Crippen LogP contribution in [0.25, 0.3) is 24.3 Å². The summed E-state index contributed by atoms with van der Waals surface area (Å²) in [7, 11) is 9.77. The molecule has 0 aromatic heterocycles. The van der Waals surface area contributed by atoms with E-state index in [0.29, 0.717) is 47.7 Å². The van der Waals surface area contributed by atoms with Crippen molar-refractivity contribution in [2.75, 3.05) is 55.9 Å². The van der Waals surface area contributed by atoms with Gasteiger partial charge in [-0.2, -0.15) is 0 Å². The van der Waals surface area contributed by atoms with Crippen molar-refractivity contribution in [3.8, 4) is 46.0 Å². The van der Waals surface area contributed by atoms with Gasteiger partial charge < -0.3 is 37.9 Å². The van der Waals surface area contributed by atoms with Gasteiger partial charge in [-0.15, -0.1) is 0 Å². The molecule has 0 aliphatic rings. The third-order valence-electron chi connectivity index (χ3n) is 8.02. The van der Waals surface area contributed by atoms with Crippen LogP contribution in [0.1, 0.15) is 87.5 Å². The highest BCUT2D eigenvalue weighted by atomic mass is 16.5. The minimum Gasteiger partial charge on any atom is -0.496 e. The lowest BCUT2D eigenvalue weighted by Gasteiger charge is -2.16. The summed E-state index contributed by atoms with van der Waals surface area (Å²) in [6, 6.07) is 11.5. The predicted molar refractivity (Wildman–Crippen MR) is 196 cm³/mol. The van der Waals surface area contributed by atoms with E-state index in [4.69, 9.17) is 37.9 Å². The Morgan fingerprint density at radius 2 is 0.750 bits per heavy atom. The fraction of sp³-hybridized carbons (Fsp3) is 0.450. The Kier molecular flexibility index (Phi) is 16.4.